The van der Waals surface area contributed by atoms with Crippen molar-refractivity contribution in [3.63, 3.8) is 0 Å². The van der Waals surface area contributed by atoms with Crippen LogP contribution in [0.15, 0.2) is 36.4 Å². The fourth-order valence-corrected chi connectivity index (χ4v) is 4.94. The molecule has 1 fully saturated rings. The normalized spacial score (nSPS) is 17.4. The van der Waals surface area contributed by atoms with Gasteiger partial charge >= 0.3 is 0 Å². The van der Waals surface area contributed by atoms with Gasteiger partial charge in [0.15, 0.2) is 0 Å². The minimum Gasteiger partial charge on any atom is -0.390 e. The lowest BCUT2D eigenvalue weighted by Gasteiger charge is -2.28. The van der Waals surface area contributed by atoms with Crippen molar-refractivity contribution >= 4 is 67.0 Å². The fourth-order valence-electron chi connectivity index (χ4n) is 3.95. The zero-order valence-corrected chi connectivity index (χ0v) is 18.4. The lowest BCUT2D eigenvalue weighted by molar-refractivity contribution is 0.0900. The van der Waals surface area contributed by atoms with E-state index in [4.69, 9.17) is 0 Å². The second-order valence-corrected chi connectivity index (χ2v) is 9.44. The molecule has 3 nitrogen and oxygen atoms in total. The van der Waals surface area contributed by atoms with Crippen LogP contribution >= 0.6 is 45.2 Å². The Balaban J connectivity index is 1.69. The van der Waals surface area contributed by atoms with Crippen LogP contribution in [0.2, 0.25) is 0 Å². The second-order valence-electron chi connectivity index (χ2n) is 6.95. The molecule has 0 radical (unpaired) electrons. The zero-order chi connectivity index (χ0) is 17.4. The molecule has 1 aliphatic rings. The van der Waals surface area contributed by atoms with Crippen LogP contribution in [0.1, 0.15) is 19.3 Å². The van der Waals surface area contributed by atoms with Gasteiger partial charge in [0.05, 0.1) is 12.6 Å². The van der Waals surface area contributed by atoms with Gasteiger partial charge in [0, 0.05) is 35.5 Å². The van der Waals surface area contributed by atoms with Crippen molar-refractivity contribution in [3.05, 3.63) is 43.5 Å². The summed E-state index contributed by atoms with van der Waals surface area (Å²) in [5.41, 5.74) is 2.44. The van der Waals surface area contributed by atoms with Crippen LogP contribution in [-0.4, -0.2) is 40.3 Å². The van der Waals surface area contributed by atoms with E-state index >= 15 is 0 Å². The summed E-state index contributed by atoms with van der Waals surface area (Å²) in [6.45, 7) is 3.68. The maximum Gasteiger partial charge on any atom is 0.0845 e. The van der Waals surface area contributed by atoms with Gasteiger partial charge in [0.25, 0.3) is 0 Å². The molecular formula is C20H22I2N2O. The Labute approximate surface area is 175 Å². The average Bonchev–Trinajstić information content (AvgIpc) is 2.88. The number of likely N-dealkylation sites (tertiary alicyclic amines) is 1. The molecule has 1 atom stereocenters. The third kappa shape index (κ3) is 3.84. The molecule has 2 heterocycles. The van der Waals surface area contributed by atoms with Crippen molar-refractivity contribution in [3.8, 4) is 0 Å². The topological polar surface area (TPSA) is 28.4 Å². The molecule has 0 spiro atoms. The molecule has 0 unspecified atom stereocenters. The van der Waals surface area contributed by atoms with Crippen molar-refractivity contribution < 1.29 is 5.11 Å². The highest BCUT2D eigenvalue weighted by molar-refractivity contribution is 14.1. The molecule has 3 aromatic rings. The number of aromatic nitrogens is 1. The van der Waals surface area contributed by atoms with Gasteiger partial charge in [-0.3, -0.25) is 0 Å². The Hall–Kier alpha value is -0.380. The van der Waals surface area contributed by atoms with E-state index in [9.17, 15) is 5.11 Å². The predicted molar refractivity (Wildman–Crippen MR) is 121 cm³/mol. The largest absolute Gasteiger partial charge is 0.390 e. The summed E-state index contributed by atoms with van der Waals surface area (Å²) >= 11 is 4.75. The van der Waals surface area contributed by atoms with E-state index < -0.39 is 0 Å². The SMILES string of the molecule is O[C@@H](CN1CCCCC1)Cn1c2ccc(I)cc2c2cc(I)ccc21. The van der Waals surface area contributed by atoms with E-state index in [1.807, 2.05) is 0 Å². The monoisotopic (exact) mass is 560 g/mol. The maximum absolute atomic E-state index is 10.7. The molecule has 0 amide bonds. The third-order valence-corrected chi connectivity index (χ3v) is 6.44. The van der Waals surface area contributed by atoms with E-state index in [2.05, 4.69) is 91.0 Å². The number of hydrogen-bond acceptors (Lipinski definition) is 2. The molecule has 1 N–H and O–H groups in total. The number of fused-ring (bicyclic) bond motifs is 3. The van der Waals surface area contributed by atoms with Gasteiger partial charge in [-0.05, 0) is 108 Å². The maximum atomic E-state index is 10.7. The van der Waals surface area contributed by atoms with Crippen molar-refractivity contribution in [1.29, 1.82) is 0 Å². The molecule has 0 aliphatic carbocycles. The van der Waals surface area contributed by atoms with Crippen molar-refractivity contribution in [2.75, 3.05) is 19.6 Å². The summed E-state index contributed by atoms with van der Waals surface area (Å²) in [7, 11) is 0. The molecule has 132 valence electrons. The number of benzene rings is 2. The lowest BCUT2D eigenvalue weighted by Crippen LogP contribution is -2.38. The van der Waals surface area contributed by atoms with Crippen LogP contribution < -0.4 is 0 Å². The third-order valence-electron chi connectivity index (χ3n) is 5.10. The lowest BCUT2D eigenvalue weighted by atomic mass is 10.1. The van der Waals surface area contributed by atoms with Crippen molar-refractivity contribution in [1.82, 2.24) is 9.47 Å². The second kappa shape index (κ2) is 7.70. The summed E-state index contributed by atoms with van der Waals surface area (Å²) in [5, 5.41) is 13.3. The van der Waals surface area contributed by atoms with Gasteiger partial charge < -0.3 is 14.6 Å². The van der Waals surface area contributed by atoms with Gasteiger partial charge in [-0.2, -0.15) is 0 Å². The van der Waals surface area contributed by atoms with Crippen LogP contribution in [0.3, 0.4) is 0 Å². The first kappa shape index (κ1) is 18.0. The van der Waals surface area contributed by atoms with Crippen LogP contribution in [-0.2, 0) is 6.54 Å². The van der Waals surface area contributed by atoms with Gasteiger partial charge in [0.2, 0.25) is 0 Å². The van der Waals surface area contributed by atoms with Crippen LogP contribution in [0.5, 0.6) is 0 Å². The summed E-state index contributed by atoms with van der Waals surface area (Å²) in [5.74, 6) is 0. The first-order valence-electron chi connectivity index (χ1n) is 8.89. The number of hydrogen-bond donors (Lipinski definition) is 1. The van der Waals surface area contributed by atoms with Crippen molar-refractivity contribution in [2.45, 2.75) is 31.9 Å². The van der Waals surface area contributed by atoms with E-state index in [1.165, 1.54) is 48.2 Å². The summed E-state index contributed by atoms with van der Waals surface area (Å²) in [6, 6.07) is 13.2. The first-order valence-corrected chi connectivity index (χ1v) is 11.0. The number of β-amino-alcohol motifs (C(OH)–C–C–N with tert-alkyl or cyclic N) is 1. The number of piperidine rings is 1. The Morgan fingerprint density at radius 2 is 1.40 bits per heavy atom. The number of aliphatic hydroxyl groups excluding tert-OH is 1. The van der Waals surface area contributed by atoms with E-state index in [0.717, 1.165) is 19.6 Å². The van der Waals surface area contributed by atoms with Gasteiger partial charge in [-0.15, -0.1) is 0 Å². The van der Waals surface area contributed by atoms with E-state index in [0.29, 0.717) is 6.54 Å². The van der Waals surface area contributed by atoms with Gasteiger partial charge in [-0.1, -0.05) is 6.42 Å². The highest BCUT2D eigenvalue weighted by Crippen LogP contribution is 2.31. The Bertz CT molecular complexity index is 840. The molecule has 2 aromatic carbocycles. The van der Waals surface area contributed by atoms with E-state index in [1.54, 1.807) is 0 Å². The fraction of sp³-hybridized carbons (Fsp3) is 0.400. The van der Waals surface area contributed by atoms with E-state index in [-0.39, 0.29) is 6.10 Å². The molecule has 4 rings (SSSR count). The molecule has 25 heavy (non-hydrogen) atoms. The Kier molecular flexibility index (Phi) is 5.54. The molecule has 1 saturated heterocycles. The van der Waals surface area contributed by atoms with Gasteiger partial charge in [-0.25, -0.2) is 0 Å². The quantitative estimate of drug-likeness (QED) is 0.463. The minimum absolute atomic E-state index is 0.338. The summed E-state index contributed by atoms with van der Waals surface area (Å²) in [4.78, 5) is 2.41. The Morgan fingerprint density at radius 1 is 0.840 bits per heavy atom. The van der Waals surface area contributed by atoms with Crippen LogP contribution in [0.4, 0.5) is 0 Å². The van der Waals surface area contributed by atoms with Gasteiger partial charge in [0.1, 0.15) is 0 Å². The molecule has 0 saturated carbocycles. The highest BCUT2D eigenvalue weighted by atomic mass is 127. The molecule has 1 aromatic heterocycles. The molecule has 0 bridgehead atoms. The van der Waals surface area contributed by atoms with Crippen LogP contribution in [0, 0.1) is 7.14 Å². The predicted octanol–water partition coefficient (Wildman–Crippen LogP) is 4.85. The summed E-state index contributed by atoms with van der Waals surface area (Å²) < 4.78 is 4.79. The summed E-state index contributed by atoms with van der Waals surface area (Å²) in [6.07, 6.45) is 3.52. The minimum atomic E-state index is -0.338. The molecule has 5 heteroatoms. The van der Waals surface area contributed by atoms with Crippen molar-refractivity contribution in [2.24, 2.45) is 0 Å². The zero-order valence-electron chi connectivity index (χ0n) is 14.1. The smallest absolute Gasteiger partial charge is 0.0845 e. The van der Waals surface area contributed by atoms with Crippen LogP contribution in [0.25, 0.3) is 21.8 Å². The molecule has 1 aliphatic heterocycles. The number of aliphatic hydroxyl groups is 1. The first-order chi connectivity index (χ1) is 12.1. The number of rotatable bonds is 4. The number of nitrogens with zero attached hydrogens (tertiary/aromatic N) is 2. The average molecular weight is 560 g/mol. The highest BCUT2D eigenvalue weighted by Gasteiger charge is 2.18. The Morgan fingerprint density at radius 3 is 1.96 bits per heavy atom. The standard InChI is InChI=1S/C20H22I2N2O/c21-14-4-6-19-17(10-14)18-11-15(22)5-7-20(18)24(19)13-16(25)12-23-8-2-1-3-9-23/h4-7,10-11,16,25H,1-3,8-9,12-13H2/t16-/m0/s1. The molecular weight excluding hydrogens is 538 g/mol. The number of halogens is 2.